The van der Waals surface area contributed by atoms with Crippen LogP contribution in [0.2, 0.25) is 0 Å². The quantitative estimate of drug-likeness (QED) is 0.0453. The first kappa shape index (κ1) is 35.7. The van der Waals surface area contributed by atoms with Gasteiger partial charge in [-0.1, -0.05) is 68.1 Å². The number of aromatic amines is 1. The van der Waals surface area contributed by atoms with Crippen LogP contribution in [0.3, 0.4) is 0 Å². The molecule has 254 valence electrons. The Labute approximate surface area is 277 Å². The number of guanidine groups is 1. The van der Waals surface area contributed by atoms with E-state index in [-0.39, 0.29) is 43.1 Å². The van der Waals surface area contributed by atoms with E-state index in [0.29, 0.717) is 24.8 Å². The van der Waals surface area contributed by atoms with E-state index in [9.17, 15) is 19.8 Å². The summed E-state index contributed by atoms with van der Waals surface area (Å²) in [5.74, 6) is 0.197. The number of nitrogens with one attached hydrogen (secondary N) is 3. The van der Waals surface area contributed by atoms with Gasteiger partial charge in [0.05, 0.1) is 24.7 Å². The number of rotatable bonds is 21. The Hall–Kier alpha value is -4.15. The van der Waals surface area contributed by atoms with Crippen molar-refractivity contribution in [3.05, 3.63) is 78.0 Å². The highest BCUT2D eigenvalue weighted by molar-refractivity contribution is 5.83. The largest absolute Gasteiger partial charge is 0.478 e. The van der Waals surface area contributed by atoms with Crippen molar-refractivity contribution >= 4 is 34.8 Å². The molecule has 0 saturated carbocycles. The van der Waals surface area contributed by atoms with Crippen LogP contribution in [-0.4, -0.2) is 69.9 Å². The second-order valence-electron chi connectivity index (χ2n) is 12.7. The van der Waals surface area contributed by atoms with E-state index in [1.807, 2.05) is 24.4 Å². The van der Waals surface area contributed by atoms with Crippen molar-refractivity contribution in [3.8, 4) is 0 Å². The molecule has 0 aliphatic carbocycles. The number of carboxylic acid groups (broad SMARTS) is 1. The normalized spacial score (nSPS) is 18.6. The molecular weight excluding hydrogens is 594 g/mol. The predicted octanol–water partition coefficient (Wildman–Crippen LogP) is 5.49. The zero-order valence-corrected chi connectivity index (χ0v) is 27.2. The van der Waals surface area contributed by atoms with Gasteiger partial charge in [0.25, 0.3) is 0 Å². The third kappa shape index (κ3) is 11.3. The molecule has 5 atom stereocenters. The van der Waals surface area contributed by atoms with Crippen LogP contribution in [0.4, 0.5) is 5.82 Å². The van der Waals surface area contributed by atoms with Crippen LogP contribution < -0.4 is 16.4 Å². The molecule has 0 amide bonds. The minimum atomic E-state index is -1.05. The van der Waals surface area contributed by atoms with Gasteiger partial charge in [0.15, 0.2) is 5.96 Å². The van der Waals surface area contributed by atoms with Crippen molar-refractivity contribution in [3.63, 3.8) is 0 Å². The van der Waals surface area contributed by atoms with Crippen molar-refractivity contribution in [2.45, 2.75) is 94.7 Å². The van der Waals surface area contributed by atoms with Gasteiger partial charge in [-0.3, -0.25) is 0 Å². The lowest BCUT2D eigenvalue weighted by atomic mass is 9.84. The van der Waals surface area contributed by atoms with E-state index in [1.165, 1.54) is 22.4 Å². The summed E-state index contributed by atoms with van der Waals surface area (Å²) in [4.78, 5) is 31.3. The molecule has 3 aromatic rings. The fraction of sp³-hybridized carbons (Fsp3) is 0.486. The number of nitrogens with two attached hydrogens (primary N) is 1. The summed E-state index contributed by atoms with van der Waals surface area (Å²) in [5.41, 5.74) is 7.96. The number of aliphatic hydroxyl groups is 2. The van der Waals surface area contributed by atoms with Crippen molar-refractivity contribution in [2.24, 2.45) is 16.6 Å². The minimum absolute atomic E-state index is 0.0249. The zero-order valence-electron chi connectivity index (χ0n) is 27.2. The van der Waals surface area contributed by atoms with Crippen molar-refractivity contribution in [1.82, 2.24) is 10.3 Å². The molecule has 0 saturated heterocycles. The Balaban J connectivity index is 1.52. The van der Waals surface area contributed by atoms with Gasteiger partial charge in [0.2, 0.25) is 0 Å². The first-order valence-electron chi connectivity index (χ1n) is 17.0. The van der Waals surface area contributed by atoms with Crippen molar-refractivity contribution < 1.29 is 24.9 Å². The number of aliphatic imine (C=N–C) groups is 1. The number of carboxylic acids is 1. The monoisotopic (exact) mass is 645 g/mol. The number of hydrogen-bond donors (Lipinski definition) is 7. The summed E-state index contributed by atoms with van der Waals surface area (Å²) in [6.07, 6.45) is 13.4. The first-order valence-corrected chi connectivity index (χ1v) is 17.0. The lowest BCUT2D eigenvalue weighted by Gasteiger charge is -2.33. The van der Waals surface area contributed by atoms with Crippen LogP contribution in [0, 0.1) is 5.92 Å². The standard InChI is InChI=1S/C37H51N5O5/c38-37-40-31(25-45)22-34(42-37)32(23-36(46)47)33(41-35-14-7-19-39-35)18-17-28(30-16-15-27-12-5-6-13-29(27)21-30)11-4-2-1-3-9-26(24-44)10-8-20-43/h5-7,12-16,19,21,23-24,26,28,31,33-34,39,41,43,45H,1-4,8-11,17-18,20,22,25H2,(H,46,47)(H3,38,40,42). The molecule has 2 aromatic carbocycles. The van der Waals surface area contributed by atoms with Crippen molar-refractivity contribution in [2.75, 3.05) is 18.5 Å². The number of aromatic nitrogens is 1. The molecule has 10 nitrogen and oxygen atoms in total. The number of carbonyl (C=O) groups is 2. The number of unbranched alkanes of at least 4 members (excludes halogenated alkanes) is 3. The number of nitrogens with zero attached hydrogens (tertiary/aromatic N) is 1. The first-order chi connectivity index (χ1) is 22.9. The molecule has 0 radical (unpaired) electrons. The van der Waals surface area contributed by atoms with E-state index in [4.69, 9.17) is 10.8 Å². The number of aldehydes is 1. The van der Waals surface area contributed by atoms with Gasteiger partial charge in [0, 0.05) is 24.8 Å². The molecule has 8 N–H and O–H groups in total. The molecular formula is C37H51N5O5. The van der Waals surface area contributed by atoms with Crippen LogP contribution in [0.1, 0.15) is 82.1 Å². The molecule has 1 aromatic heterocycles. The Kier molecular flexibility index (Phi) is 14.3. The van der Waals surface area contributed by atoms with Crippen LogP contribution >= 0.6 is 0 Å². The number of fused-ring (bicyclic) bond motifs is 1. The van der Waals surface area contributed by atoms with E-state index >= 15 is 0 Å². The minimum Gasteiger partial charge on any atom is -0.478 e. The molecule has 0 fully saturated rings. The Morgan fingerprint density at radius 3 is 2.43 bits per heavy atom. The van der Waals surface area contributed by atoms with Gasteiger partial charge < -0.3 is 41.5 Å². The lowest BCUT2D eigenvalue weighted by Crippen LogP contribution is -2.49. The van der Waals surface area contributed by atoms with E-state index < -0.39 is 12.0 Å². The zero-order chi connectivity index (χ0) is 33.4. The third-order valence-corrected chi connectivity index (χ3v) is 9.23. The molecule has 1 aliphatic heterocycles. The number of hydrogen-bond acceptors (Lipinski definition) is 8. The number of anilines is 1. The van der Waals surface area contributed by atoms with Gasteiger partial charge in [-0.25, -0.2) is 9.79 Å². The summed E-state index contributed by atoms with van der Waals surface area (Å²) in [6, 6.07) is 17.7. The average molecular weight is 646 g/mol. The number of carbonyl (C=O) groups excluding carboxylic acids is 1. The topological polar surface area (TPSA) is 173 Å². The fourth-order valence-corrected chi connectivity index (χ4v) is 6.72. The molecule has 1 aliphatic rings. The fourth-order valence-electron chi connectivity index (χ4n) is 6.72. The van der Waals surface area contributed by atoms with Gasteiger partial charge in [-0.2, -0.15) is 0 Å². The summed E-state index contributed by atoms with van der Waals surface area (Å²) in [5, 5.41) is 37.8. The molecule has 10 heteroatoms. The van der Waals surface area contributed by atoms with Crippen LogP contribution in [-0.2, 0) is 9.59 Å². The highest BCUT2D eigenvalue weighted by Crippen LogP contribution is 2.33. The Bertz CT molecular complexity index is 1460. The summed E-state index contributed by atoms with van der Waals surface area (Å²) < 4.78 is 0. The second kappa shape index (κ2) is 18.9. The number of H-pyrrole nitrogens is 1. The number of aliphatic hydroxyl groups excluding tert-OH is 2. The van der Waals surface area contributed by atoms with Gasteiger partial charge in [-0.05, 0) is 84.9 Å². The third-order valence-electron chi connectivity index (χ3n) is 9.23. The molecule has 47 heavy (non-hydrogen) atoms. The molecule has 2 heterocycles. The maximum absolute atomic E-state index is 12.1. The number of benzene rings is 2. The summed E-state index contributed by atoms with van der Waals surface area (Å²) in [6.45, 7) is -0.0118. The maximum atomic E-state index is 12.1. The SMILES string of the molecule is NC1=NC(C(=CC(=O)O)C(CCC(CCCCCCC(C=O)CCCO)c2ccc3ccccc3c2)Nc2ccc[nH]2)CC(CO)N1. The van der Waals surface area contributed by atoms with E-state index in [0.717, 1.165) is 63.5 Å². The van der Waals surface area contributed by atoms with Crippen LogP contribution in [0.5, 0.6) is 0 Å². The van der Waals surface area contributed by atoms with Crippen LogP contribution in [0.25, 0.3) is 10.8 Å². The number of aliphatic carboxylic acids is 1. The highest BCUT2D eigenvalue weighted by Gasteiger charge is 2.30. The smallest absolute Gasteiger partial charge is 0.328 e. The lowest BCUT2D eigenvalue weighted by molar-refractivity contribution is -0.131. The molecule has 0 bridgehead atoms. The van der Waals surface area contributed by atoms with E-state index in [2.05, 4.69) is 57.0 Å². The average Bonchev–Trinajstić information content (AvgIpc) is 3.60. The van der Waals surface area contributed by atoms with Crippen LogP contribution in [0.15, 0.2) is 77.4 Å². The summed E-state index contributed by atoms with van der Waals surface area (Å²) >= 11 is 0. The van der Waals surface area contributed by atoms with Gasteiger partial charge in [-0.15, -0.1) is 0 Å². The highest BCUT2D eigenvalue weighted by atomic mass is 16.4. The van der Waals surface area contributed by atoms with Gasteiger partial charge >= 0.3 is 5.97 Å². The maximum Gasteiger partial charge on any atom is 0.328 e. The summed E-state index contributed by atoms with van der Waals surface area (Å²) in [7, 11) is 0. The second-order valence-corrected chi connectivity index (χ2v) is 12.7. The molecule has 0 spiro atoms. The predicted molar refractivity (Wildman–Crippen MR) is 187 cm³/mol. The Morgan fingerprint density at radius 2 is 1.72 bits per heavy atom. The van der Waals surface area contributed by atoms with Crippen molar-refractivity contribution in [1.29, 1.82) is 0 Å². The van der Waals surface area contributed by atoms with Gasteiger partial charge in [0.1, 0.15) is 12.1 Å². The molecule has 4 rings (SSSR count). The Morgan fingerprint density at radius 1 is 0.957 bits per heavy atom. The van der Waals surface area contributed by atoms with E-state index in [1.54, 1.807) is 0 Å². The molecule has 5 unspecified atom stereocenters.